The van der Waals surface area contributed by atoms with E-state index in [1.807, 2.05) is 59.7 Å². The molecule has 3 amide bonds. The van der Waals surface area contributed by atoms with E-state index in [9.17, 15) is 19.5 Å². The highest BCUT2D eigenvalue weighted by molar-refractivity contribution is 5.92. The number of alkyl carbamates (subject to hydrolysis) is 1. The number of ether oxygens (including phenoxy) is 1. The lowest BCUT2D eigenvalue weighted by Gasteiger charge is -2.35. The molecule has 0 aliphatic carbocycles. The zero-order chi connectivity index (χ0) is 25.6. The van der Waals surface area contributed by atoms with Crippen LogP contribution >= 0.6 is 0 Å². The number of rotatable bonds is 8. The van der Waals surface area contributed by atoms with Crippen LogP contribution in [0, 0.1) is 13.8 Å². The highest BCUT2D eigenvalue weighted by Crippen LogP contribution is 2.26. The molecule has 0 saturated heterocycles. The van der Waals surface area contributed by atoms with Crippen LogP contribution in [0.2, 0.25) is 0 Å². The van der Waals surface area contributed by atoms with E-state index < -0.39 is 41.8 Å². The molecule has 3 N–H and O–H groups in total. The van der Waals surface area contributed by atoms with Gasteiger partial charge in [-0.25, -0.2) is 4.79 Å². The number of carbonyl (C=O) groups excluding carboxylic acids is 3. The number of aliphatic hydroxyl groups is 1. The molecule has 186 valence electrons. The summed E-state index contributed by atoms with van der Waals surface area (Å²) in [5, 5.41) is 15.3. The predicted octanol–water partition coefficient (Wildman–Crippen LogP) is 3.38. The third kappa shape index (κ3) is 9.42. The van der Waals surface area contributed by atoms with Crippen LogP contribution in [0.3, 0.4) is 0 Å². The van der Waals surface area contributed by atoms with Gasteiger partial charge < -0.3 is 25.4 Å². The van der Waals surface area contributed by atoms with Crippen molar-refractivity contribution >= 4 is 17.9 Å². The fourth-order valence-electron chi connectivity index (χ4n) is 3.52. The van der Waals surface area contributed by atoms with Crippen molar-refractivity contribution in [3.8, 4) is 0 Å². The molecule has 0 aromatic heterocycles. The van der Waals surface area contributed by atoms with Crippen molar-refractivity contribution in [1.29, 1.82) is 0 Å². The first-order chi connectivity index (χ1) is 15.1. The van der Waals surface area contributed by atoms with E-state index in [1.165, 1.54) is 4.90 Å². The molecule has 0 bridgehead atoms. The zero-order valence-electron chi connectivity index (χ0n) is 21.5. The maximum Gasteiger partial charge on any atom is 0.408 e. The van der Waals surface area contributed by atoms with Crippen molar-refractivity contribution in [3.05, 3.63) is 34.9 Å². The molecule has 0 aliphatic rings. The summed E-state index contributed by atoms with van der Waals surface area (Å²) < 4.78 is 5.24. The molecule has 2 unspecified atom stereocenters. The Morgan fingerprint density at radius 3 is 2.00 bits per heavy atom. The lowest BCUT2D eigenvalue weighted by Crippen LogP contribution is -2.55. The summed E-state index contributed by atoms with van der Waals surface area (Å²) in [5.74, 6) is -0.887. The number of carbonyl (C=O) groups is 3. The van der Waals surface area contributed by atoms with E-state index in [0.717, 1.165) is 11.1 Å². The van der Waals surface area contributed by atoms with Crippen LogP contribution in [-0.2, 0) is 14.3 Å². The smallest absolute Gasteiger partial charge is 0.408 e. The average Bonchev–Trinajstić information content (AvgIpc) is 2.61. The third-order valence-corrected chi connectivity index (χ3v) is 4.54. The lowest BCUT2D eigenvalue weighted by atomic mass is 9.97. The second kappa shape index (κ2) is 11.5. The SMILES string of the molecule is CCCN(C(=O)C(CO)NC(=O)OC(C)(C)C)C(C(=O)NC(C)(C)C)c1cc(C)cc(C)c1. The maximum absolute atomic E-state index is 13.5. The zero-order valence-corrected chi connectivity index (χ0v) is 21.5. The predicted molar refractivity (Wildman–Crippen MR) is 129 cm³/mol. The maximum atomic E-state index is 13.5. The molecule has 0 spiro atoms. The van der Waals surface area contributed by atoms with Crippen molar-refractivity contribution in [2.45, 2.75) is 92.0 Å². The molecule has 0 fully saturated rings. The molecule has 0 aliphatic heterocycles. The van der Waals surface area contributed by atoms with Gasteiger partial charge in [-0.2, -0.15) is 0 Å². The minimum Gasteiger partial charge on any atom is -0.444 e. The minimum atomic E-state index is -1.25. The molecule has 1 aromatic carbocycles. The number of hydrogen-bond donors (Lipinski definition) is 3. The number of hydrogen-bond acceptors (Lipinski definition) is 5. The van der Waals surface area contributed by atoms with Crippen molar-refractivity contribution < 1.29 is 24.2 Å². The van der Waals surface area contributed by atoms with E-state index >= 15 is 0 Å². The first kappa shape index (κ1) is 28.4. The van der Waals surface area contributed by atoms with E-state index in [0.29, 0.717) is 12.0 Å². The number of aryl methyl sites for hydroxylation is 2. The quantitative estimate of drug-likeness (QED) is 0.548. The third-order valence-electron chi connectivity index (χ3n) is 4.54. The fraction of sp³-hybridized carbons (Fsp3) is 0.640. The van der Waals surface area contributed by atoms with Crippen LogP contribution < -0.4 is 10.6 Å². The van der Waals surface area contributed by atoms with Gasteiger partial charge in [0.2, 0.25) is 11.8 Å². The molecule has 1 rings (SSSR count). The van der Waals surface area contributed by atoms with Gasteiger partial charge in [0, 0.05) is 12.1 Å². The minimum absolute atomic E-state index is 0.264. The summed E-state index contributed by atoms with van der Waals surface area (Å²) in [6, 6.07) is 3.58. The fourth-order valence-corrected chi connectivity index (χ4v) is 3.52. The van der Waals surface area contributed by atoms with E-state index in [4.69, 9.17) is 4.74 Å². The monoisotopic (exact) mass is 463 g/mol. The summed E-state index contributed by atoms with van der Waals surface area (Å²) in [5.41, 5.74) is 1.33. The Morgan fingerprint density at radius 2 is 1.58 bits per heavy atom. The van der Waals surface area contributed by atoms with Crippen molar-refractivity contribution in [1.82, 2.24) is 15.5 Å². The Balaban J connectivity index is 3.42. The molecular formula is C25H41N3O5. The lowest BCUT2D eigenvalue weighted by molar-refractivity contribution is -0.143. The Morgan fingerprint density at radius 1 is 1.03 bits per heavy atom. The number of aliphatic hydroxyl groups excluding tert-OH is 1. The highest BCUT2D eigenvalue weighted by atomic mass is 16.6. The van der Waals surface area contributed by atoms with Gasteiger partial charge in [-0.1, -0.05) is 36.2 Å². The van der Waals surface area contributed by atoms with Gasteiger partial charge in [-0.3, -0.25) is 9.59 Å². The first-order valence-corrected chi connectivity index (χ1v) is 11.4. The van der Waals surface area contributed by atoms with Crippen LogP contribution in [0.4, 0.5) is 4.79 Å². The molecule has 8 nitrogen and oxygen atoms in total. The Bertz CT molecular complexity index is 819. The van der Waals surface area contributed by atoms with Gasteiger partial charge in [0.1, 0.15) is 17.7 Å². The molecule has 0 saturated carbocycles. The van der Waals surface area contributed by atoms with Gasteiger partial charge in [0.05, 0.1) is 6.61 Å². The van der Waals surface area contributed by atoms with E-state index in [2.05, 4.69) is 10.6 Å². The van der Waals surface area contributed by atoms with Crippen LogP contribution in [-0.4, -0.2) is 58.2 Å². The van der Waals surface area contributed by atoms with Gasteiger partial charge in [0.15, 0.2) is 0 Å². The topological polar surface area (TPSA) is 108 Å². The average molecular weight is 464 g/mol. The van der Waals surface area contributed by atoms with Crippen molar-refractivity contribution in [3.63, 3.8) is 0 Å². The highest BCUT2D eigenvalue weighted by Gasteiger charge is 2.36. The number of nitrogens with zero attached hydrogens (tertiary/aromatic N) is 1. The summed E-state index contributed by atoms with van der Waals surface area (Å²) in [7, 11) is 0. The molecule has 2 atom stereocenters. The second-order valence-electron chi connectivity index (χ2n) is 10.5. The van der Waals surface area contributed by atoms with Crippen LogP contribution in [0.1, 0.15) is 77.6 Å². The van der Waals surface area contributed by atoms with E-state index in [1.54, 1.807) is 20.8 Å². The molecule has 1 aromatic rings. The summed E-state index contributed by atoms with van der Waals surface area (Å²) in [4.78, 5) is 40.7. The Kier molecular flexibility index (Phi) is 9.90. The van der Waals surface area contributed by atoms with Gasteiger partial charge in [-0.15, -0.1) is 0 Å². The normalized spacial score (nSPS) is 13.6. The van der Waals surface area contributed by atoms with Crippen molar-refractivity contribution in [2.75, 3.05) is 13.2 Å². The molecular weight excluding hydrogens is 422 g/mol. The number of amides is 3. The Hall–Kier alpha value is -2.61. The van der Waals surface area contributed by atoms with Gasteiger partial charge in [0.25, 0.3) is 0 Å². The molecule has 0 heterocycles. The van der Waals surface area contributed by atoms with Crippen LogP contribution in [0.25, 0.3) is 0 Å². The van der Waals surface area contributed by atoms with Crippen LogP contribution in [0.15, 0.2) is 18.2 Å². The number of benzene rings is 1. The largest absolute Gasteiger partial charge is 0.444 e. The number of nitrogens with one attached hydrogen (secondary N) is 2. The van der Waals surface area contributed by atoms with Gasteiger partial charge in [-0.05, 0) is 67.4 Å². The van der Waals surface area contributed by atoms with E-state index in [-0.39, 0.29) is 12.5 Å². The summed E-state index contributed by atoms with van der Waals surface area (Å²) in [6.07, 6.45) is -0.228. The Labute approximate surface area is 198 Å². The molecule has 33 heavy (non-hydrogen) atoms. The standard InChI is InChI=1S/C25H41N3O5/c1-10-11-28(22(31)19(15-29)26-23(32)33-25(7,8)9)20(21(30)27-24(4,5)6)18-13-16(2)12-17(3)14-18/h12-14,19-20,29H,10-11,15H2,1-9H3,(H,26,32)(H,27,30). The molecule has 0 radical (unpaired) electrons. The first-order valence-electron chi connectivity index (χ1n) is 11.4. The van der Waals surface area contributed by atoms with Gasteiger partial charge >= 0.3 is 6.09 Å². The van der Waals surface area contributed by atoms with Crippen LogP contribution in [0.5, 0.6) is 0 Å². The van der Waals surface area contributed by atoms with Crippen molar-refractivity contribution in [2.24, 2.45) is 0 Å². The second-order valence-corrected chi connectivity index (χ2v) is 10.5. The molecule has 8 heteroatoms. The summed E-state index contributed by atoms with van der Waals surface area (Å²) >= 11 is 0. The summed E-state index contributed by atoms with van der Waals surface area (Å²) in [6.45, 7) is 16.1.